The van der Waals surface area contributed by atoms with Crippen LogP contribution in [0.15, 0.2) is 48.5 Å². The molecule has 6 nitrogen and oxygen atoms in total. The lowest BCUT2D eigenvalue weighted by Gasteiger charge is -2.39. The molecule has 0 radical (unpaired) electrons. The zero-order valence-corrected chi connectivity index (χ0v) is 16.2. The third-order valence-electron chi connectivity index (χ3n) is 5.66. The van der Waals surface area contributed by atoms with Gasteiger partial charge in [0.15, 0.2) is 0 Å². The van der Waals surface area contributed by atoms with E-state index in [2.05, 4.69) is 17.4 Å². The molecule has 1 aliphatic carbocycles. The van der Waals surface area contributed by atoms with Crippen LogP contribution >= 0.6 is 0 Å². The smallest absolute Gasteiger partial charge is 0.318 e. The maximum atomic E-state index is 12.9. The molecule has 0 unspecified atom stereocenters. The number of urea groups is 1. The Bertz CT molecular complexity index is 873. The summed E-state index contributed by atoms with van der Waals surface area (Å²) in [5, 5.41) is 3.12. The second kappa shape index (κ2) is 7.54. The molecule has 0 bridgehead atoms. The fraction of sp³-hybridized carbons (Fsp3) is 0.364. The number of methoxy groups -OCH3 is 1. The molecule has 1 atom stereocenters. The van der Waals surface area contributed by atoms with E-state index in [9.17, 15) is 9.59 Å². The van der Waals surface area contributed by atoms with Gasteiger partial charge in [-0.15, -0.1) is 0 Å². The van der Waals surface area contributed by atoms with Gasteiger partial charge in [-0.2, -0.15) is 0 Å². The Labute approximate surface area is 165 Å². The summed E-state index contributed by atoms with van der Waals surface area (Å²) in [4.78, 5) is 29.1. The largest absolute Gasteiger partial charge is 0.497 e. The van der Waals surface area contributed by atoms with E-state index in [1.807, 2.05) is 36.4 Å². The Morgan fingerprint density at radius 1 is 1.07 bits per heavy atom. The standard InChI is InChI=1S/C22H25N3O3/c1-15-21(26)25(19-8-5-9-20(14-19)28-2)11-10-24(15)22(27)23-18-12-16-6-3-4-7-17(16)13-18/h3-9,14-15,18H,10-13H2,1-2H3,(H,23,27)/t15-/m1/s1. The van der Waals surface area contributed by atoms with Gasteiger partial charge in [0.05, 0.1) is 7.11 Å². The first-order valence-electron chi connectivity index (χ1n) is 9.66. The van der Waals surface area contributed by atoms with Crippen molar-refractivity contribution in [3.63, 3.8) is 0 Å². The van der Waals surface area contributed by atoms with Gasteiger partial charge in [-0.3, -0.25) is 4.79 Å². The van der Waals surface area contributed by atoms with Crippen molar-refractivity contribution in [2.75, 3.05) is 25.1 Å². The molecular formula is C22H25N3O3. The lowest BCUT2D eigenvalue weighted by atomic mass is 10.1. The molecule has 1 saturated heterocycles. The number of anilines is 1. The van der Waals surface area contributed by atoms with Crippen LogP contribution < -0.4 is 15.0 Å². The molecular weight excluding hydrogens is 354 g/mol. The van der Waals surface area contributed by atoms with Crippen LogP contribution in [0.4, 0.5) is 10.5 Å². The first-order valence-corrected chi connectivity index (χ1v) is 9.66. The second-order valence-electron chi connectivity index (χ2n) is 7.38. The van der Waals surface area contributed by atoms with E-state index in [1.54, 1.807) is 23.8 Å². The number of carbonyl (C=O) groups is 2. The Balaban J connectivity index is 1.40. The van der Waals surface area contributed by atoms with Crippen LogP contribution in [-0.4, -0.2) is 49.1 Å². The monoisotopic (exact) mass is 379 g/mol. The number of ether oxygens (including phenoxy) is 1. The van der Waals surface area contributed by atoms with E-state index in [4.69, 9.17) is 4.74 Å². The van der Waals surface area contributed by atoms with Crippen molar-refractivity contribution in [3.8, 4) is 5.75 Å². The van der Waals surface area contributed by atoms with Crippen LogP contribution in [0.25, 0.3) is 0 Å². The van der Waals surface area contributed by atoms with Crippen LogP contribution in [-0.2, 0) is 17.6 Å². The molecule has 1 N–H and O–H groups in total. The fourth-order valence-electron chi connectivity index (χ4n) is 4.10. The maximum Gasteiger partial charge on any atom is 0.318 e. The highest BCUT2D eigenvalue weighted by Gasteiger charge is 2.36. The second-order valence-corrected chi connectivity index (χ2v) is 7.38. The molecule has 1 aliphatic heterocycles. The average Bonchev–Trinajstić information content (AvgIpc) is 3.12. The van der Waals surface area contributed by atoms with Gasteiger partial charge < -0.3 is 19.9 Å². The molecule has 0 saturated carbocycles. The molecule has 1 heterocycles. The van der Waals surface area contributed by atoms with E-state index in [1.165, 1.54) is 11.1 Å². The van der Waals surface area contributed by atoms with Gasteiger partial charge in [-0.25, -0.2) is 4.79 Å². The van der Waals surface area contributed by atoms with E-state index in [0.29, 0.717) is 18.8 Å². The van der Waals surface area contributed by atoms with Crippen LogP contribution in [0.1, 0.15) is 18.1 Å². The number of carbonyl (C=O) groups excluding carboxylic acids is 2. The van der Waals surface area contributed by atoms with E-state index >= 15 is 0 Å². The molecule has 1 fully saturated rings. The minimum atomic E-state index is -0.510. The molecule has 2 aromatic rings. The van der Waals surface area contributed by atoms with E-state index in [-0.39, 0.29) is 18.0 Å². The number of nitrogens with one attached hydrogen (secondary N) is 1. The van der Waals surface area contributed by atoms with Gasteiger partial charge in [-0.1, -0.05) is 30.3 Å². The third-order valence-corrected chi connectivity index (χ3v) is 5.66. The topological polar surface area (TPSA) is 61.9 Å². The highest BCUT2D eigenvalue weighted by atomic mass is 16.5. The van der Waals surface area contributed by atoms with Crippen molar-refractivity contribution < 1.29 is 14.3 Å². The maximum absolute atomic E-state index is 12.9. The number of hydrogen-bond donors (Lipinski definition) is 1. The lowest BCUT2D eigenvalue weighted by molar-refractivity contribution is -0.124. The Kier molecular flexibility index (Phi) is 4.94. The number of nitrogens with zero attached hydrogens (tertiary/aromatic N) is 2. The summed E-state index contributed by atoms with van der Waals surface area (Å²) in [6.45, 7) is 2.75. The van der Waals surface area contributed by atoms with E-state index < -0.39 is 6.04 Å². The van der Waals surface area contributed by atoms with Crippen molar-refractivity contribution in [3.05, 3.63) is 59.7 Å². The Hall–Kier alpha value is -3.02. The molecule has 28 heavy (non-hydrogen) atoms. The molecule has 4 rings (SSSR count). The minimum Gasteiger partial charge on any atom is -0.497 e. The van der Waals surface area contributed by atoms with Gasteiger partial charge in [0.25, 0.3) is 0 Å². The average molecular weight is 379 g/mol. The van der Waals surface area contributed by atoms with Gasteiger partial charge in [-0.05, 0) is 43.0 Å². The molecule has 3 amide bonds. The summed E-state index contributed by atoms with van der Waals surface area (Å²) >= 11 is 0. The van der Waals surface area contributed by atoms with Crippen molar-refractivity contribution in [2.45, 2.75) is 31.8 Å². The number of rotatable bonds is 3. The quantitative estimate of drug-likeness (QED) is 0.892. The van der Waals surface area contributed by atoms with Crippen molar-refractivity contribution in [1.82, 2.24) is 10.2 Å². The Morgan fingerprint density at radius 3 is 2.46 bits per heavy atom. The summed E-state index contributed by atoms with van der Waals surface area (Å²) in [6.07, 6.45) is 1.68. The predicted molar refractivity (Wildman–Crippen MR) is 108 cm³/mol. The normalized spacial score (nSPS) is 19.5. The number of piperazine rings is 1. The first-order chi connectivity index (χ1) is 13.6. The summed E-state index contributed by atoms with van der Waals surface area (Å²) < 4.78 is 5.26. The lowest BCUT2D eigenvalue weighted by Crippen LogP contribution is -2.60. The zero-order chi connectivity index (χ0) is 19.7. The Morgan fingerprint density at radius 2 is 1.79 bits per heavy atom. The van der Waals surface area contributed by atoms with Gasteiger partial charge >= 0.3 is 6.03 Å². The molecule has 2 aliphatic rings. The van der Waals surface area contributed by atoms with Gasteiger partial charge in [0.1, 0.15) is 11.8 Å². The van der Waals surface area contributed by atoms with Crippen molar-refractivity contribution in [2.24, 2.45) is 0 Å². The van der Waals surface area contributed by atoms with Crippen LogP contribution in [0.3, 0.4) is 0 Å². The summed E-state index contributed by atoms with van der Waals surface area (Å²) in [5.41, 5.74) is 3.38. The molecule has 0 spiro atoms. The fourth-order valence-corrected chi connectivity index (χ4v) is 4.10. The summed E-state index contributed by atoms with van der Waals surface area (Å²) in [6, 6.07) is 15.1. The van der Waals surface area contributed by atoms with Crippen molar-refractivity contribution in [1.29, 1.82) is 0 Å². The van der Waals surface area contributed by atoms with Crippen LogP contribution in [0.2, 0.25) is 0 Å². The first kappa shape index (κ1) is 18.3. The predicted octanol–water partition coefficient (Wildman–Crippen LogP) is 2.61. The molecule has 6 heteroatoms. The minimum absolute atomic E-state index is 0.0793. The van der Waals surface area contributed by atoms with Gasteiger partial charge in [0, 0.05) is 30.9 Å². The molecule has 2 aromatic carbocycles. The number of amides is 3. The number of benzene rings is 2. The third kappa shape index (κ3) is 3.42. The highest BCUT2D eigenvalue weighted by molar-refractivity contribution is 6.00. The SMILES string of the molecule is COc1cccc(N2CCN(C(=O)NC3Cc4ccccc4C3)[C@H](C)C2=O)c1. The van der Waals surface area contributed by atoms with E-state index in [0.717, 1.165) is 18.5 Å². The molecule has 0 aromatic heterocycles. The number of fused-ring (bicyclic) bond motifs is 1. The van der Waals surface area contributed by atoms with Crippen LogP contribution in [0.5, 0.6) is 5.75 Å². The number of hydrogen-bond acceptors (Lipinski definition) is 3. The molecule has 146 valence electrons. The summed E-state index contributed by atoms with van der Waals surface area (Å²) in [5.74, 6) is 0.628. The van der Waals surface area contributed by atoms with Gasteiger partial charge in [0.2, 0.25) is 5.91 Å². The zero-order valence-electron chi connectivity index (χ0n) is 16.2. The summed E-state index contributed by atoms with van der Waals surface area (Å²) in [7, 11) is 1.60. The highest BCUT2D eigenvalue weighted by Crippen LogP contribution is 2.25. The van der Waals surface area contributed by atoms with Crippen LogP contribution in [0, 0.1) is 0 Å². The van der Waals surface area contributed by atoms with Crippen molar-refractivity contribution >= 4 is 17.6 Å².